The topological polar surface area (TPSA) is 66.9 Å². The molecule has 0 atom stereocenters. The number of aryl methyl sites for hydroxylation is 3. The van der Waals surface area contributed by atoms with Crippen molar-refractivity contribution >= 4 is 23.1 Å². The van der Waals surface area contributed by atoms with Crippen molar-refractivity contribution in [1.82, 2.24) is 9.97 Å². The molecule has 0 saturated carbocycles. The highest BCUT2D eigenvalue weighted by molar-refractivity contribution is 6.03. The maximum atomic E-state index is 12.5. The Morgan fingerprint density at radius 1 is 0.920 bits per heavy atom. The number of rotatable bonds is 4. The van der Waals surface area contributed by atoms with Gasteiger partial charge in [-0.2, -0.15) is 0 Å². The molecule has 2 aromatic carbocycles. The zero-order valence-electron chi connectivity index (χ0n) is 14.5. The summed E-state index contributed by atoms with van der Waals surface area (Å²) in [6.45, 7) is 5.77. The molecule has 0 unspecified atom stereocenters. The lowest BCUT2D eigenvalue weighted by Crippen LogP contribution is -2.15. The van der Waals surface area contributed by atoms with Gasteiger partial charge in [0.05, 0.1) is 0 Å². The number of amides is 1. The van der Waals surface area contributed by atoms with Gasteiger partial charge in [-0.25, -0.2) is 9.97 Å². The van der Waals surface area contributed by atoms with Crippen molar-refractivity contribution in [2.24, 2.45) is 0 Å². The molecule has 3 aromatic rings. The van der Waals surface area contributed by atoms with Crippen LogP contribution in [0.25, 0.3) is 0 Å². The minimum Gasteiger partial charge on any atom is -0.340 e. The fourth-order valence-electron chi connectivity index (χ4n) is 2.52. The molecule has 0 aliphatic carbocycles. The Kier molecular flexibility index (Phi) is 4.75. The Morgan fingerprint density at radius 3 is 2.48 bits per heavy atom. The average Bonchev–Trinajstić information content (AvgIpc) is 2.56. The number of aromatic nitrogens is 2. The second-order valence-electron chi connectivity index (χ2n) is 5.95. The van der Waals surface area contributed by atoms with Gasteiger partial charge in [0.1, 0.15) is 17.3 Å². The van der Waals surface area contributed by atoms with Crippen molar-refractivity contribution < 1.29 is 4.79 Å². The molecule has 0 aliphatic heterocycles. The second-order valence-corrected chi connectivity index (χ2v) is 5.95. The number of carbonyl (C=O) groups excluding carboxylic acids is 1. The molecule has 0 aliphatic rings. The summed E-state index contributed by atoms with van der Waals surface area (Å²) in [5.41, 5.74) is 4.20. The predicted molar refractivity (Wildman–Crippen MR) is 100 cm³/mol. The van der Waals surface area contributed by atoms with Crippen molar-refractivity contribution in [3.05, 3.63) is 77.2 Å². The van der Waals surface area contributed by atoms with Gasteiger partial charge in [0, 0.05) is 17.4 Å². The third kappa shape index (κ3) is 4.20. The maximum Gasteiger partial charge on any atom is 0.274 e. The first-order valence-corrected chi connectivity index (χ1v) is 8.07. The summed E-state index contributed by atoms with van der Waals surface area (Å²) in [4.78, 5) is 21.1. The van der Waals surface area contributed by atoms with Crippen LogP contribution in [0.4, 0.5) is 17.2 Å². The Hall–Kier alpha value is -3.21. The second kappa shape index (κ2) is 7.13. The standard InChI is InChI=1S/C20H20N4O/c1-13-7-6-9-16(11-13)23-20(25)18-12-19(22-15(3)21-18)24-17-10-5-4-8-14(17)2/h4-12H,1-3H3,(H,23,25)(H,21,22,24). The van der Waals surface area contributed by atoms with E-state index in [0.29, 0.717) is 17.3 Å². The van der Waals surface area contributed by atoms with Gasteiger partial charge in [-0.3, -0.25) is 4.79 Å². The summed E-state index contributed by atoms with van der Waals surface area (Å²) in [6, 6.07) is 17.2. The monoisotopic (exact) mass is 332 g/mol. The number of hydrogen-bond acceptors (Lipinski definition) is 4. The van der Waals surface area contributed by atoms with Crippen LogP contribution >= 0.6 is 0 Å². The van der Waals surface area contributed by atoms with Gasteiger partial charge in [-0.05, 0) is 50.1 Å². The van der Waals surface area contributed by atoms with Crippen LogP contribution in [0, 0.1) is 20.8 Å². The maximum absolute atomic E-state index is 12.5. The smallest absolute Gasteiger partial charge is 0.274 e. The van der Waals surface area contributed by atoms with Crippen molar-refractivity contribution in [1.29, 1.82) is 0 Å². The van der Waals surface area contributed by atoms with Crippen LogP contribution in [-0.2, 0) is 0 Å². The van der Waals surface area contributed by atoms with Crippen molar-refractivity contribution in [2.75, 3.05) is 10.6 Å². The zero-order valence-corrected chi connectivity index (χ0v) is 14.5. The lowest BCUT2D eigenvalue weighted by molar-refractivity contribution is 0.102. The van der Waals surface area contributed by atoms with E-state index in [1.165, 1.54) is 0 Å². The molecule has 126 valence electrons. The molecular formula is C20H20N4O. The summed E-state index contributed by atoms with van der Waals surface area (Å²) >= 11 is 0. The minimum absolute atomic E-state index is 0.260. The van der Waals surface area contributed by atoms with Crippen molar-refractivity contribution in [3.8, 4) is 0 Å². The molecule has 25 heavy (non-hydrogen) atoms. The van der Waals surface area contributed by atoms with E-state index < -0.39 is 0 Å². The molecule has 1 heterocycles. The number of para-hydroxylation sites is 1. The summed E-state index contributed by atoms with van der Waals surface area (Å²) < 4.78 is 0. The van der Waals surface area contributed by atoms with Crippen molar-refractivity contribution in [2.45, 2.75) is 20.8 Å². The molecular weight excluding hydrogens is 312 g/mol. The van der Waals surface area contributed by atoms with Crippen LogP contribution in [-0.4, -0.2) is 15.9 Å². The van der Waals surface area contributed by atoms with E-state index in [-0.39, 0.29) is 5.91 Å². The summed E-state index contributed by atoms with van der Waals surface area (Å²) in [5, 5.41) is 6.12. The van der Waals surface area contributed by atoms with Crippen LogP contribution in [0.3, 0.4) is 0 Å². The first-order valence-electron chi connectivity index (χ1n) is 8.07. The van der Waals surface area contributed by atoms with E-state index in [9.17, 15) is 4.79 Å². The first-order chi connectivity index (χ1) is 12.0. The van der Waals surface area contributed by atoms with E-state index in [1.54, 1.807) is 13.0 Å². The number of hydrogen-bond donors (Lipinski definition) is 2. The molecule has 3 rings (SSSR count). The molecule has 0 radical (unpaired) electrons. The van der Waals surface area contributed by atoms with Crippen molar-refractivity contribution in [3.63, 3.8) is 0 Å². The lowest BCUT2D eigenvalue weighted by Gasteiger charge is -2.11. The molecule has 0 bridgehead atoms. The summed E-state index contributed by atoms with van der Waals surface area (Å²) in [5.74, 6) is 0.869. The fraction of sp³-hybridized carbons (Fsp3) is 0.150. The van der Waals surface area contributed by atoms with Gasteiger partial charge in [0.15, 0.2) is 0 Å². The Labute approximate surface area is 147 Å². The quantitative estimate of drug-likeness (QED) is 0.743. The third-order valence-electron chi connectivity index (χ3n) is 3.75. The average molecular weight is 332 g/mol. The molecule has 5 nitrogen and oxygen atoms in total. The van der Waals surface area contributed by atoms with Crippen LogP contribution in [0.2, 0.25) is 0 Å². The number of nitrogens with zero attached hydrogens (tertiary/aromatic N) is 2. The van der Waals surface area contributed by atoms with Gasteiger partial charge in [0.25, 0.3) is 5.91 Å². The Balaban J connectivity index is 1.83. The highest BCUT2D eigenvalue weighted by atomic mass is 16.1. The van der Waals surface area contributed by atoms with Crippen LogP contribution < -0.4 is 10.6 Å². The highest BCUT2D eigenvalue weighted by Gasteiger charge is 2.11. The lowest BCUT2D eigenvalue weighted by atomic mass is 10.2. The third-order valence-corrected chi connectivity index (χ3v) is 3.75. The van der Waals surface area contributed by atoms with Crippen LogP contribution in [0.1, 0.15) is 27.4 Å². The van der Waals surface area contributed by atoms with Gasteiger partial charge >= 0.3 is 0 Å². The number of carbonyl (C=O) groups is 1. The van der Waals surface area contributed by atoms with Gasteiger partial charge in [0.2, 0.25) is 0 Å². The van der Waals surface area contributed by atoms with E-state index in [4.69, 9.17) is 0 Å². The van der Waals surface area contributed by atoms with Gasteiger partial charge in [-0.15, -0.1) is 0 Å². The number of nitrogens with one attached hydrogen (secondary N) is 2. The SMILES string of the molecule is Cc1cccc(NC(=O)c2cc(Nc3ccccc3C)nc(C)n2)c1. The Bertz CT molecular complexity index is 921. The molecule has 1 aromatic heterocycles. The largest absolute Gasteiger partial charge is 0.340 e. The molecule has 1 amide bonds. The van der Waals surface area contributed by atoms with Crippen LogP contribution in [0.5, 0.6) is 0 Å². The zero-order chi connectivity index (χ0) is 17.8. The summed E-state index contributed by atoms with van der Waals surface area (Å²) in [7, 11) is 0. The Morgan fingerprint density at radius 2 is 1.72 bits per heavy atom. The fourth-order valence-corrected chi connectivity index (χ4v) is 2.52. The highest BCUT2D eigenvalue weighted by Crippen LogP contribution is 2.19. The molecule has 0 spiro atoms. The number of benzene rings is 2. The van der Waals surface area contributed by atoms with E-state index in [0.717, 1.165) is 22.5 Å². The molecule has 0 fully saturated rings. The van der Waals surface area contributed by atoms with Gasteiger partial charge in [-0.1, -0.05) is 30.3 Å². The molecule has 2 N–H and O–H groups in total. The van der Waals surface area contributed by atoms with Crippen LogP contribution in [0.15, 0.2) is 54.6 Å². The summed E-state index contributed by atoms with van der Waals surface area (Å²) in [6.07, 6.45) is 0. The molecule has 5 heteroatoms. The predicted octanol–water partition coefficient (Wildman–Crippen LogP) is 4.40. The van der Waals surface area contributed by atoms with E-state index in [2.05, 4.69) is 20.6 Å². The normalized spacial score (nSPS) is 10.4. The van der Waals surface area contributed by atoms with Gasteiger partial charge < -0.3 is 10.6 Å². The first kappa shape index (κ1) is 16.6. The number of anilines is 3. The minimum atomic E-state index is -0.260. The van der Waals surface area contributed by atoms with E-state index >= 15 is 0 Å². The van der Waals surface area contributed by atoms with E-state index in [1.807, 2.05) is 62.4 Å². The molecule has 0 saturated heterocycles.